The molecule has 10 heteroatoms. The Morgan fingerprint density at radius 2 is 1.83 bits per heavy atom. The van der Waals surface area contributed by atoms with Crippen LogP contribution in [0, 0.1) is 11.7 Å². The standard InChI is InChI=1S/C26H29F5N2O3/c1-14(2)11-20(25(35)33-12-19(28)23-22(33)21(34)13-36-23)32-24(26(29,30)31)16-9-7-15(8-10-16)17-5-3-4-6-18(17)27/h3-10,14,19-24,32,34H,11-13H2,1-2H3/t19-,20-,21-,22?,23+,24-/m0/s1. The third-order valence-electron chi connectivity index (χ3n) is 6.69. The van der Waals surface area contributed by atoms with Crippen molar-refractivity contribution in [3.05, 3.63) is 59.9 Å². The Bertz CT molecular complexity index is 1060. The summed E-state index contributed by atoms with van der Waals surface area (Å²) in [6, 6.07) is 6.85. The fourth-order valence-corrected chi connectivity index (χ4v) is 5.02. The fraction of sp³-hybridized carbons (Fsp3) is 0.500. The number of aliphatic hydroxyl groups excluding tert-OH is 1. The van der Waals surface area contributed by atoms with E-state index in [0.29, 0.717) is 5.56 Å². The van der Waals surface area contributed by atoms with Gasteiger partial charge in [-0.1, -0.05) is 56.3 Å². The van der Waals surface area contributed by atoms with E-state index in [1.165, 1.54) is 42.5 Å². The quantitative estimate of drug-likeness (QED) is 0.540. The van der Waals surface area contributed by atoms with Crippen molar-refractivity contribution in [1.29, 1.82) is 0 Å². The number of nitrogens with zero attached hydrogens (tertiary/aromatic N) is 1. The first-order valence-electron chi connectivity index (χ1n) is 11.9. The molecule has 0 spiro atoms. The van der Waals surface area contributed by atoms with Crippen LogP contribution in [0.1, 0.15) is 31.9 Å². The second kappa shape index (κ2) is 10.4. The summed E-state index contributed by atoms with van der Waals surface area (Å²) in [7, 11) is 0. The molecule has 2 heterocycles. The Kier molecular flexibility index (Phi) is 7.68. The number of alkyl halides is 4. The van der Waals surface area contributed by atoms with Crippen LogP contribution in [0.25, 0.3) is 11.1 Å². The number of carbonyl (C=O) groups is 1. The highest BCUT2D eigenvalue weighted by Crippen LogP contribution is 2.36. The molecular formula is C26H29F5N2O3. The predicted octanol–water partition coefficient (Wildman–Crippen LogP) is 4.41. The number of hydrogen-bond donors (Lipinski definition) is 2. The number of benzene rings is 2. The van der Waals surface area contributed by atoms with Gasteiger partial charge in [0.2, 0.25) is 5.91 Å². The summed E-state index contributed by atoms with van der Waals surface area (Å²) in [5.41, 5.74) is 0.533. The number of amides is 1. The van der Waals surface area contributed by atoms with Crippen LogP contribution in [-0.2, 0) is 9.53 Å². The summed E-state index contributed by atoms with van der Waals surface area (Å²) < 4.78 is 76.4. The zero-order valence-electron chi connectivity index (χ0n) is 19.9. The van der Waals surface area contributed by atoms with Crippen molar-refractivity contribution in [1.82, 2.24) is 10.2 Å². The van der Waals surface area contributed by atoms with Crippen LogP contribution in [-0.4, -0.2) is 65.7 Å². The number of hydrogen-bond acceptors (Lipinski definition) is 4. The molecule has 0 radical (unpaired) electrons. The Hall–Kier alpha value is -2.56. The zero-order valence-corrected chi connectivity index (χ0v) is 19.9. The largest absolute Gasteiger partial charge is 0.407 e. The molecule has 2 saturated heterocycles. The molecule has 2 fully saturated rings. The fourth-order valence-electron chi connectivity index (χ4n) is 5.02. The summed E-state index contributed by atoms with van der Waals surface area (Å²) in [5, 5.41) is 12.7. The Morgan fingerprint density at radius 3 is 2.44 bits per heavy atom. The lowest BCUT2D eigenvalue weighted by molar-refractivity contribution is -0.163. The maximum absolute atomic E-state index is 14.5. The third-order valence-corrected chi connectivity index (χ3v) is 6.69. The second-order valence-electron chi connectivity index (χ2n) is 9.79. The van der Waals surface area contributed by atoms with E-state index in [9.17, 15) is 31.9 Å². The van der Waals surface area contributed by atoms with Gasteiger partial charge in [-0.05, 0) is 29.5 Å². The number of aliphatic hydroxyl groups is 1. The number of fused-ring (bicyclic) bond motifs is 1. The molecule has 1 unspecified atom stereocenters. The van der Waals surface area contributed by atoms with E-state index in [1.807, 2.05) is 0 Å². The molecule has 2 N–H and O–H groups in total. The van der Waals surface area contributed by atoms with Crippen molar-refractivity contribution in [2.24, 2.45) is 5.92 Å². The van der Waals surface area contributed by atoms with E-state index in [-0.39, 0.29) is 36.6 Å². The van der Waals surface area contributed by atoms with Gasteiger partial charge in [0.1, 0.15) is 30.2 Å². The molecule has 2 aliphatic heterocycles. The molecule has 2 aromatic carbocycles. The van der Waals surface area contributed by atoms with Gasteiger partial charge in [-0.15, -0.1) is 0 Å². The number of ether oxygens (including phenoxy) is 1. The molecule has 5 nitrogen and oxygen atoms in total. The average molecular weight is 513 g/mol. The van der Waals surface area contributed by atoms with E-state index in [1.54, 1.807) is 19.9 Å². The van der Waals surface area contributed by atoms with Crippen LogP contribution in [0.2, 0.25) is 0 Å². The minimum atomic E-state index is -4.75. The van der Waals surface area contributed by atoms with Gasteiger partial charge in [-0.3, -0.25) is 10.1 Å². The first-order chi connectivity index (χ1) is 17.0. The first-order valence-corrected chi connectivity index (χ1v) is 11.9. The van der Waals surface area contributed by atoms with E-state index in [2.05, 4.69) is 5.32 Å². The number of likely N-dealkylation sites (tertiary alicyclic amines) is 1. The molecule has 0 aliphatic carbocycles. The molecule has 2 aromatic rings. The van der Waals surface area contributed by atoms with E-state index in [0.717, 1.165) is 4.90 Å². The zero-order chi connectivity index (χ0) is 26.2. The molecule has 0 bridgehead atoms. The van der Waals surface area contributed by atoms with Crippen molar-refractivity contribution in [3.63, 3.8) is 0 Å². The van der Waals surface area contributed by atoms with Crippen molar-refractivity contribution >= 4 is 5.91 Å². The molecule has 0 aromatic heterocycles. The highest BCUT2D eigenvalue weighted by Gasteiger charge is 2.54. The normalized spacial score (nSPS) is 25.8. The van der Waals surface area contributed by atoms with Crippen LogP contribution in [0.4, 0.5) is 22.0 Å². The predicted molar refractivity (Wildman–Crippen MR) is 123 cm³/mol. The Labute approximate surface area is 206 Å². The van der Waals surface area contributed by atoms with Crippen LogP contribution in [0.15, 0.2) is 48.5 Å². The number of halogens is 5. The van der Waals surface area contributed by atoms with Gasteiger partial charge in [0.15, 0.2) is 0 Å². The van der Waals surface area contributed by atoms with Gasteiger partial charge in [0.25, 0.3) is 0 Å². The number of carbonyl (C=O) groups excluding carboxylic acids is 1. The van der Waals surface area contributed by atoms with Gasteiger partial charge >= 0.3 is 6.18 Å². The van der Waals surface area contributed by atoms with Crippen LogP contribution in [0.5, 0.6) is 0 Å². The van der Waals surface area contributed by atoms with Gasteiger partial charge in [0, 0.05) is 5.56 Å². The summed E-state index contributed by atoms with van der Waals surface area (Å²) in [6.07, 6.45) is -8.31. The third kappa shape index (κ3) is 5.40. The maximum Gasteiger partial charge on any atom is 0.407 e. The molecule has 196 valence electrons. The molecule has 0 saturated carbocycles. The van der Waals surface area contributed by atoms with Gasteiger partial charge in [-0.2, -0.15) is 13.2 Å². The minimum absolute atomic E-state index is 0.0700. The maximum atomic E-state index is 14.5. The smallest absolute Gasteiger partial charge is 0.388 e. The molecule has 36 heavy (non-hydrogen) atoms. The summed E-state index contributed by atoms with van der Waals surface area (Å²) in [5.74, 6) is -1.35. The average Bonchev–Trinajstić information content (AvgIpc) is 3.36. The van der Waals surface area contributed by atoms with Gasteiger partial charge < -0.3 is 14.7 Å². The van der Waals surface area contributed by atoms with Crippen molar-refractivity contribution in [3.8, 4) is 11.1 Å². The van der Waals surface area contributed by atoms with Crippen LogP contribution in [0.3, 0.4) is 0 Å². The van der Waals surface area contributed by atoms with Gasteiger partial charge in [-0.25, -0.2) is 8.78 Å². The van der Waals surface area contributed by atoms with E-state index >= 15 is 0 Å². The molecule has 4 rings (SSSR count). The Balaban J connectivity index is 1.60. The lowest BCUT2D eigenvalue weighted by Crippen LogP contribution is -2.54. The van der Waals surface area contributed by atoms with Crippen LogP contribution < -0.4 is 5.32 Å². The minimum Gasteiger partial charge on any atom is -0.388 e. The van der Waals surface area contributed by atoms with Gasteiger partial charge in [0.05, 0.1) is 25.2 Å². The van der Waals surface area contributed by atoms with E-state index < -0.39 is 54.4 Å². The lowest BCUT2D eigenvalue weighted by Gasteiger charge is -2.33. The first kappa shape index (κ1) is 26.5. The number of rotatable bonds is 7. The highest BCUT2D eigenvalue weighted by atomic mass is 19.4. The van der Waals surface area contributed by atoms with Crippen molar-refractivity contribution in [2.45, 2.75) is 62.9 Å². The highest BCUT2D eigenvalue weighted by molar-refractivity contribution is 5.83. The SMILES string of the molecule is CC(C)C[C@H](N[C@@H](c1ccc(-c2ccccc2F)cc1)C(F)(F)F)C(=O)N1C[C@H](F)[C@H]2OC[C@H](O)C21. The molecular weight excluding hydrogens is 483 g/mol. The van der Waals surface area contributed by atoms with Crippen molar-refractivity contribution in [2.75, 3.05) is 13.2 Å². The second-order valence-corrected chi connectivity index (χ2v) is 9.79. The summed E-state index contributed by atoms with van der Waals surface area (Å²) in [6.45, 7) is 3.05. The lowest BCUT2D eigenvalue weighted by atomic mass is 9.97. The van der Waals surface area contributed by atoms with E-state index in [4.69, 9.17) is 4.74 Å². The number of nitrogens with one attached hydrogen (secondary N) is 1. The molecule has 2 aliphatic rings. The topological polar surface area (TPSA) is 61.8 Å². The summed E-state index contributed by atoms with van der Waals surface area (Å²) >= 11 is 0. The van der Waals surface area contributed by atoms with Crippen LogP contribution >= 0.6 is 0 Å². The van der Waals surface area contributed by atoms with Crippen molar-refractivity contribution < 1.29 is 36.6 Å². The molecule has 6 atom stereocenters. The monoisotopic (exact) mass is 512 g/mol. The Morgan fingerprint density at radius 1 is 1.17 bits per heavy atom. The summed E-state index contributed by atoms with van der Waals surface area (Å²) in [4.78, 5) is 14.5. The molecule has 1 amide bonds.